The highest BCUT2D eigenvalue weighted by molar-refractivity contribution is 6.31. The second-order valence-corrected chi connectivity index (χ2v) is 7.74. The van der Waals surface area contributed by atoms with Gasteiger partial charge in [0.2, 0.25) is 17.6 Å². The first-order valence-corrected chi connectivity index (χ1v) is 10.1. The zero-order chi connectivity index (χ0) is 20.2. The standard InChI is InChI=1S/C22H23ClN4O2/c1-15-18(23)8-5-9-19(15)24-22(28)17-10-12-27(13-11-17)14-20-25-21(26-29-20)16-6-3-2-4-7-16/h2-9,17H,10-14H2,1H3,(H,24,28). The molecular formula is C22H23ClN4O2. The molecular weight excluding hydrogens is 388 g/mol. The number of hydrogen-bond donors (Lipinski definition) is 1. The van der Waals surface area contributed by atoms with Gasteiger partial charge in [-0.15, -0.1) is 0 Å². The van der Waals surface area contributed by atoms with Crippen LogP contribution in [0.2, 0.25) is 5.02 Å². The number of benzene rings is 2. The molecule has 2 aromatic carbocycles. The van der Waals surface area contributed by atoms with E-state index >= 15 is 0 Å². The monoisotopic (exact) mass is 410 g/mol. The van der Waals surface area contributed by atoms with Crippen LogP contribution in [0.4, 0.5) is 5.69 Å². The number of nitrogens with zero attached hydrogens (tertiary/aromatic N) is 3. The Bertz CT molecular complexity index is 981. The van der Waals surface area contributed by atoms with Gasteiger partial charge >= 0.3 is 0 Å². The zero-order valence-electron chi connectivity index (χ0n) is 16.3. The Hall–Kier alpha value is -2.70. The summed E-state index contributed by atoms with van der Waals surface area (Å²) >= 11 is 6.14. The Morgan fingerprint density at radius 2 is 1.93 bits per heavy atom. The van der Waals surface area contributed by atoms with Crippen molar-refractivity contribution in [2.24, 2.45) is 5.92 Å². The highest BCUT2D eigenvalue weighted by atomic mass is 35.5. The molecule has 6 nitrogen and oxygen atoms in total. The predicted octanol–water partition coefficient (Wildman–Crippen LogP) is 4.55. The van der Waals surface area contributed by atoms with Crippen molar-refractivity contribution in [2.75, 3.05) is 18.4 Å². The van der Waals surface area contributed by atoms with Gasteiger partial charge in [-0.1, -0.05) is 53.2 Å². The number of nitrogens with one attached hydrogen (secondary N) is 1. The average molecular weight is 411 g/mol. The van der Waals surface area contributed by atoms with E-state index in [0.29, 0.717) is 23.3 Å². The third kappa shape index (κ3) is 4.66. The van der Waals surface area contributed by atoms with E-state index in [1.807, 2.05) is 55.5 Å². The largest absolute Gasteiger partial charge is 0.338 e. The molecule has 1 fully saturated rings. The van der Waals surface area contributed by atoms with E-state index < -0.39 is 0 Å². The second-order valence-electron chi connectivity index (χ2n) is 7.33. The van der Waals surface area contributed by atoms with Gasteiger partial charge in [0.1, 0.15) is 0 Å². The minimum absolute atomic E-state index is 0.00723. The molecule has 1 saturated heterocycles. The van der Waals surface area contributed by atoms with Crippen LogP contribution in [0.25, 0.3) is 11.4 Å². The van der Waals surface area contributed by atoms with Crippen LogP contribution in [0.15, 0.2) is 53.1 Å². The maximum Gasteiger partial charge on any atom is 0.241 e. The minimum Gasteiger partial charge on any atom is -0.338 e. The molecule has 0 bridgehead atoms. The summed E-state index contributed by atoms with van der Waals surface area (Å²) in [6, 6.07) is 15.3. The van der Waals surface area contributed by atoms with E-state index in [9.17, 15) is 4.79 Å². The smallest absolute Gasteiger partial charge is 0.241 e. The fourth-order valence-corrected chi connectivity index (χ4v) is 3.72. The van der Waals surface area contributed by atoms with Gasteiger partial charge in [-0.25, -0.2) is 0 Å². The van der Waals surface area contributed by atoms with Gasteiger partial charge in [0, 0.05) is 22.2 Å². The number of aromatic nitrogens is 2. The lowest BCUT2D eigenvalue weighted by molar-refractivity contribution is -0.121. The number of carbonyl (C=O) groups excluding carboxylic acids is 1. The first-order chi connectivity index (χ1) is 14.1. The number of halogens is 1. The van der Waals surface area contributed by atoms with Crippen molar-refractivity contribution in [3.63, 3.8) is 0 Å². The number of amides is 1. The van der Waals surface area contributed by atoms with Crippen molar-refractivity contribution in [1.29, 1.82) is 0 Å². The van der Waals surface area contributed by atoms with Gasteiger partial charge < -0.3 is 9.84 Å². The summed E-state index contributed by atoms with van der Waals surface area (Å²) in [4.78, 5) is 19.4. The molecule has 150 valence electrons. The number of piperidine rings is 1. The van der Waals surface area contributed by atoms with E-state index in [0.717, 1.165) is 42.7 Å². The molecule has 1 aliphatic heterocycles. The molecule has 0 aliphatic carbocycles. The third-order valence-corrected chi connectivity index (χ3v) is 5.75. The molecule has 1 aromatic heterocycles. The summed E-state index contributed by atoms with van der Waals surface area (Å²) in [6.45, 7) is 4.14. The highest BCUT2D eigenvalue weighted by Crippen LogP contribution is 2.26. The summed E-state index contributed by atoms with van der Waals surface area (Å²) < 4.78 is 5.40. The molecule has 0 atom stereocenters. The van der Waals surface area contributed by atoms with Crippen molar-refractivity contribution in [2.45, 2.75) is 26.3 Å². The Kier molecular flexibility index (Phi) is 5.92. The molecule has 2 heterocycles. The van der Waals surface area contributed by atoms with E-state index in [1.54, 1.807) is 0 Å². The van der Waals surface area contributed by atoms with Crippen molar-refractivity contribution in [3.8, 4) is 11.4 Å². The van der Waals surface area contributed by atoms with Crippen LogP contribution in [-0.4, -0.2) is 34.0 Å². The molecule has 0 saturated carbocycles. The van der Waals surface area contributed by atoms with Gasteiger partial charge in [0.05, 0.1) is 6.54 Å². The lowest BCUT2D eigenvalue weighted by Gasteiger charge is -2.30. The number of rotatable bonds is 5. The lowest BCUT2D eigenvalue weighted by atomic mass is 9.95. The maximum atomic E-state index is 12.6. The van der Waals surface area contributed by atoms with Crippen LogP contribution in [0.3, 0.4) is 0 Å². The fraction of sp³-hybridized carbons (Fsp3) is 0.318. The van der Waals surface area contributed by atoms with Crippen LogP contribution < -0.4 is 5.32 Å². The van der Waals surface area contributed by atoms with Gasteiger partial charge in [-0.05, 0) is 50.6 Å². The quantitative estimate of drug-likeness (QED) is 0.668. The van der Waals surface area contributed by atoms with E-state index in [1.165, 1.54) is 0 Å². The van der Waals surface area contributed by atoms with Crippen molar-refractivity contribution in [3.05, 3.63) is 65.0 Å². The molecule has 3 aromatic rings. The van der Waals surface area contributed by atoms with E-state index in [2.05, 4.69) is 20.4 Å². The molecule has 1 aliphatic rings. The summed E-state index contributed by atoms with van der Waals surface area (Å²) in [6.07, 6.45) is 1.59. The maximum absolute atomic E-state index is 12.6. The van der Waals surface area contributed by atoms with Crippen LogP contribution in [0.1, 0.15) is 24.3 Å². The van der Waals surface area contributed by atoms with E-state index in [-0.39, 0.29) is 11.8 Å². The fourth-order valence-electron chi connectivity index (χ4n) is 3.55. The molecule has 7 heteroatoms. The molecule has 0 unspecified atom stereocenters. The van der Waals surface area contributed by atoms with Gasteiger partial charge in [0.25, 0.3) is 0 Å². The van der Waals surface area contributed by atoms with Crippen LogP contribution in [-0.2, 0) is 11.3 Å². The number of hydrogen-bond acceptors (Lipinski definition) is 5. The Balaban J connectivity index is 1.30. The molecule has 0 radical (unpaired) electrons. The summed E-state index contributed by atoms with van der Waals surface area (Å²) in [5, 5.41) is 7.75. The average Bonchev–Trinajstić information content (AvgIpc) is 3.21. The molecule has 1 N–H and O–H groups in total. The Morgan fingerprint density at radius 1 is 1.17 bits per heavy atom. The lowest BCUT2D eigenvalue weighted by Crippen LogP contribution is -2.37. The van der Waals surface area contributed by atoms with Crippen LogP contribution in [0, 0.1) is 12.8 Å². The highest BCUT2D eigenvalue weighted by Gasteiger charge is 2.26. The Morgan fingerprint density at radius 3 is 2.69 bits per heavy atom. The first kappa shape index (κ1) is 19.6. The normalized spacial score (nSPS) is 15.4. The number of anilines is 1. The number of likely N-dealkylation sites (tertiary alicyclic amines) is 1. The molecule has 0 spiro atoms. The SMILES string of the molecule is Cc1c(Cl)cccc1NC(=O)C1CCN(Cc2nc(-c3ccccc3)no2)CC1. The van der Waals surface area contributed by atoms with Gasteiger partial charge in [0.15, 0.2) is 0 Å². The van der Waals surface area contributed by atoms with Crippen LogP contribution >= 0.6 is 11.6 Å². The van der Waals surface area contributed by atoms with Crippen LogP contribution in [0.5, 0.6) is 0 Å². The van der Waals surface area contributed by atoms with Gasteiger partial charge in [-0.3, -0.25) is 9.69 Å². The second kappa shape index (κ2) is 8.76. The summed E-state index contributed by atoms with van der Waals surface area (Å²) in [7, 11) is 0. The molecule has 1 amide bonds. The predicted molar refractivity (Wildman–Crippen MR) is 113 cm³/mol. The van der Waals surface area contributed by atoms with Gasteiger partial charge in [-0.2, -0.15) is 4.98 Å². The Labute approximate surface area is 174 Å². The zero-order valence-corrected chi connectivity index (χ0v) is 17.0. The topological polar surface area (TPSA) is 71.3 Å². The first-order valence-electron chi connectivity index (χ1n) is 9.76. The minimum atomic E-state index is -0.00723. The van der Waals surface area contributed by atoms with E-state index in [4.69, 9.17) is 16.1 Å². The van der Waals surface area contributed by atoms with Crippen molar-refractivity contribution in [1.82, 2.24) is 15.0 Å². The third-order valence-electron chi connectivity index (χ3n) is 5.34. The molecule has 29 heavy (non-hydrogen) atoms. The number of carbonyl (C=O) groups is 1. The van der Waals surface area contributed by atoms with Crippen molar-refractivity contribution >= 4 is 23.2 Å². The molecule has 4 rings (SSSR count). The van der Waals surface area contributed by atoms with Crippen molar-refractivity contribution < 1.29 is 9.32 Å². The summed E-state index contributed by atoms with van der Waals surface area (Å²) in [5.74, 6) is 1.25. The summed E-state index contributed by atoms with van der Waals surface area (Å²) in [5.41, 5.74) is 2.61.